The number of allylic oxidation sites excluding steroid dienone is 1. The molecule has 3 heterocycles. The van der Waals surface area contributed by atoms with Gasteiger partial charge in [0.2, 0.25) is 5.95 Å². The summed E-state index contributed by atoms with van der Waals surface area (Å²) in [5.74, 6) is -2.96. The molecule has 0 bridgehead atoms. The maximum Gasteiger partial charge on any atom is 0.257 e. The molecule has 5 rings (SSSR count). The smallest absolute Gasteiger partial charge is 0.257 e. The molecule has 1 aliphatic carbocycles. The molecule has 39 heavy (non-hydrogen) atoms. The predicted molar refractivity (Wildman–Crippen MR) is 139 cm³/mol. The van der Waals surface area contributed by atoms with Crippen LogP contribution < -0.4 is 5.32 Å². The summed E-state index contributed by atoms with van der Waals surface area (Å²) in [4.78, 5) is 25.1. The van der Waals surface area contributed by atoms with Crippen molar-refractivity contribution in [2.45, 2.75) is 63.5 Å². The number of aryl methyl sites for hydroxylation is 1. The van der Waals surface area contributed by atoms with Crippen molar-refractivity contribution < 1.29 is 26.8 Å². The number of carbonyl (C=O) groups is 1. The lowest BCUT2D eigenvalue weighted by Crippen LogP contribution is -2.29. The van der Waals surface area contributed by atoms with Gasteiger partial charge in [-0.15, -0.1) is 0 Å². The van der Waals surface area contributed by atoms with E-state index in [4.69, 9.17) is 4.42 Å². The molecule has 0 spiro atoms. The molecule has 3 aromatic rings. The molecule has 204 valence electrons. The first-order valence-corrected chi connectivity index (χ1v) is 12.8. The van der Waals surface area contributed by atoms with E-state index in [0.29, 0.717) is 41.8 Å². The van der Waals surface area contributed by atoms with Crippen LogP contribution in [0.1, 0.15) is 50.0 Å². The zero-order chi connectivity index (χ0) is 27.8. The molecule has 1 fully saturated rings. The number of benzene rings is 1. The maximum atomic E-state index is 14.8. The van der Waals surface area contributed by atoms with Crippen LogP contribution in [0.15, 0.2) is 64.2 Å². The van der Waals surface area contributed by atoms with Crippen molar-refractivity contribution in [3.8, 4) is 11.1 Å². The largest absolute Gasteiger partial charge is 0.468 e. The van der Waals surface area contributed by atoms with Crippen molar-refractivity contribution in [3.05, 3.63) is 77.5 Å². The van der Waals surface area contributed by atoms with Crippen LogP contribution in [0.4, 0.5) is 23.5 Å². The van der Waals surface area contributed by atoms with E-state index in [-0.39, 0.29) is 35.9 Å². The van der Waals surface area contributed by atoms with Crippen LogP contribution in [0.3, 0.4) is 0 Å². The monoisotopic (exact) mass is 540 g/mol. The number of alkyl halides is 3. The average Bonchev–Trinajstić information content (AvgIpc) is 3.36. The van der Waals surface area contributed by atoms with Crippen LogP contribution in [0.2, 0.25) is 0 Å². The Labute approximate surface area is 223 Å². The fourth-order valence-corrected chi connectivity index (χ4v) is 4.66. The summed E-state index contributed by atoms with van der Waals surface area (Å²) >= 11 is 0. The van der Waals surface area contributed by atoms with Crippen molar-refractivity contribution in [2.24, 2.45) is 10.9 Å². The minimum atomic E-state index is -2.87. The van der Waals surface area contributed by atoms with E-state index in [1.165, 1.54) is 37.9 Å². The minimum Gasteiger partial charge on any atom is -0.468 e. The number of hydrogen-bond acceptors (Lipinski definition) is 6. The molecule has 1 aromatic carbocycles. The van der Waals surface area contributed by atoms with E-state index in [0.717, 1.165) is 6.92 Å². The van der Waals surface area contributed by atoms with E-state index >= 15 is 0 Å². The summed E-state index contributed by atoms with van der Waals surface area (Å²) in [7, 11) is 0. The number of carbonyl (C=O) groups excluding carboxylic acids is 1. The molecule has 1 aliphatic heterocycles. The number of anilines is 1. The SMILES string of the molecule is CC(F)C1C=NC(Nc2ncc(-c3ccc(CC(=O)CCc4coc(C5(C(C)(F)F)CC5)c4)c(F)c3)cn2)=C1. The quantitative estimate of drug-likeness (QED) is 0.277. The molecule has 10 heteroatoms. The van der Waals surface area contributed by atoms with Crippen molar-refractivity contribution >= 4 is 17.9 Å². The van der Waals surface area contributed by atoms with Gasteiger partial charge in [-0.05, 0) is 61.1 Å². The molecule has 1 N–H and O–H groups in total. The van der Waals surface area contributed by atoms with Crippen LogP contribution in [0, 0.1) is 11.7 Å². The van der Waals surface area contributed by atoms with Gasteiger partial charge in [0, 0.05) is 49.9 Å². The number of Topliss-reactive ketones (excluding diaryl/α,β-unsaturated/α-hetero) is 1. The Kier molecular flexibility index (Phi) is 7.13. The summed E-state index contributed by atoms with van der Waals surface area (Å²) in [5, 5.41) is 2.91. The maximum absolute atomic E-state index is 14.8. The summed E-state index contributed by atoms with van der Waals surface area (Å²) in [6, 6.07) is 6.18. The van der Waals surface area contributed by atoms with Gasteiger partial charge in [0.25, 0.3) is 5.92 Å². The van der Waals surface area contributed by atoms with Crippen LogP contribution in [-0.4, -0.2) is 34.1 Å². The molecule has 0 amide bonds. The normalized spacial score (nSPS) is 18.6. The highest BCUT2D eigenvalue weighted by Gasteiger charge is 2.62. The van der Waals surface area contributed by atoms with Gasteiger partial charge in [0.1, 0.15) is 29.4 Å². The molecule has 2 aliphatic rings. The van der Waals surface area contributed by atoms with Gasteiger partial charge in [-0.25, -0.2) is 32.5 Å². The van der Waals surface area contributed by atoms with E-state index in [1.54, 1.807) is 24.3 Å². The zero-order valence-electron chi connectivity index (χ0n) is 21.6. The van der Waals surface area contributed by atoms with Crippen LogP contribution in [0.5, 0.6) is 0 Å². The number of aliphatic imine (C=N–C) groups is 1. The highest BCUT2D eigenvalue weighted by Crippen LogP contribution is 2.58. The van der Waals surface area contributed by atoms with Crippen LogP contribution in [-0.2, 0) is 23.1 Å². The Balaban J connectivity index is 1.15. The van der Waals surface area contributed by atoms with E-state index in [2.05, 4.69) is 20.3 Å². The van der Waals surface area contributed by atoms with Gasteiger partial charge < -0.3 is 9.73 Å². The van der Waals surface area contributed by atoms with Gasteiger partial charge in [-0.3, -0.25) is 4.79 Å². The van der Waals surface area contributed by atoms with Gasteiger partial charge >= 0.3 is 0 Å². The number of furan rings is 1. The Morgan fingerprint density at radius 3 is 2.56 bits per heavy atom. The highest BCUT2D eigenvalue weighted by atomic mass is 19.3. The topological polar surface area (TPSA) is 80.4 Å². The number of ketones is 1. The zero-order valence-corrected chi connectivity index (χ0v) is 21.6. The van der Waals surface area contributed by atoms with Crippen LogP contribution in [0.25, 0.3) is 11.1 Å². The number of nitrogens with zero attached hydrogens (tertiary/aromatic N) is 3. The number of hydrogen-bond donors (Lipinski definition) is 1. The first-order chi connectivity index (χ1) is 18.5. The predicted octanol–water partition coefficient (Wildman–Crippen LogP) is 6.62. The fraction of sp³-hybridized carbons (Fsp3) is 0.379. The lowest BCUT2D eigenvalue weighted by atomic mass is 9.95. The third kappa shape index (κ3) is 5.79. The first kappa shape index (κ1) is 26.8. The van der Waals surface area contributed by atoms with Crippen molar-refractivity contribution in [2.75, 3.05) is 5.32 Å². The molecule has 6 nitrogen and oxygen atoms in total. The average molecular weight is 541 g/mol. The molecule has 0 saturated heterocycles. The third-order valence-corrected chi connectivity index (χ3v) is 7.34. The summed E-state index contributed by atoms with van der Waals surface area (Å²) in [6.45, 7) is 2.36. The van der Waals surface area contributed by atoms with Gasteiger partial charge in [0.05, 0.1) is 11.7 Å². The first-order valence-electron chi connectivity index (χ1n) is 12.8. The summed E-state index contributed by atoms with van der Waals surface area (Å²) in [6.07, 6.45) is 7.75. The number of aromatic nitrogens is 2. The van der Waals surface area contributed by atoms with Gasteiger partial charge in [-0.1, -0.05) is 12.1 Å². The Morgan fingerprint density at radius 1 is 1.21 bits per heavy atom. The minimum absolute atomic E-state index is 0.0821. The lowest BCUT2D eigenvalue weighted by Gasteiger charge is -2.20. The van der Waals surface area contributed by atoms with E-state index in [1.807, 2.05) is 0 Å². The Morgan fingerprint density at radius 2 is 1.95 bits per heavy atom. The Hall–Kier alpha value is -3.82. The molecule has 0 radical (unpaired) electrons. The number of rotatable bonds is 11. The van der Waals surface area contributed by atoms with E-state index in [9.17, 15) is 22.4 Å². The number of nitrogens with one attached hydrogen (secondary N) is 1. The summed E-state index contributed by atoms with van der Waals surface area (Å²) < 4.78 is 61.5. The van der Waals surface area contributed by atoms with Crippen molar-refractivity contribution in [1.82, 2.24) is 9.97 Å². The molecular weight excluding hydrogens is 512 g/mol. The molecule has 2 unspecified atom stereocenters. The van der Waals surface area contributed by atoms with Crippen LogP contribution >= 0.6 is 0 Å². The second-order valence-electron chi connectivity index (χ2n) is 10.3. The van der Waals surface area contributed by atoms with Gasteiger partial charge in [0.15, 0.2) is 0 Å². The Bertz CT molecular complexity index is 1420. The summed E-state index contributed by atoms with van der Waals surface area (Å²) in [5.41, 5.74) is 0.838. The van der Waals surface area contributed by atoms with E-state index < -0.39 is 29.2 Å². The van der Waals surface area contributed by atoms with Crippen molar-refractivity contribution in [1.29, 1.82) is 0 Å². The second kappa shape index (κ2) is 10.4. The molecular formula is C29H28F4N4O2. The third-order valence-electron chi connectivity index (χ3n) is 7.34. The highest BCUT2D eigenvalue weighted by molar-refractivity contribution is 5.81. The molecule has 2 atom stereocenters. The van der Waals surface area contributed by atoms with Crippen molar-refractivity contribution in [3.63, 3.8) is 0 Å². The second-order valence-corrected chi connectivity index (χ2v) is 10.3. The lowest BCUT2D eigenvalue weighted by molar-refractivity contribution is -0.118. The van der Waals surface area contributed by atoms with Gasteiger partial charge in [-0.2, -0.15) is 0 Å². The molecule has 1 saturated carbocycles. The fourth-order valence-electron chi connectivity index (χ4n) is 4.66. The molecule has 2 aromatic heterocycles. The standard InChI is InChI=1S/C29H28F4N4O2/c1-17(30)21-12-26(34-13-21)37-27-35-14-22(15-36-27)19-4-5-20(24(31)11-19)10-23(38)6-3-18-9-25(39-16-18)29(7-8-29)28(2,32)33/h4-5,9,11-17,21H,3,6-8,10H2,1-2H3,(H,35,36,37). The number of halogens is 4.